The predicted octanol–water partition coefficient (Wildman–Crippen LogP) is 14.3. The molecule has 0 saturated carbocycles. The number of rotatable bonds is 44. The van der Waals surface area contributed by atoms with Gasteiger partial charge in [0.2, 0.25) is 5.91 Å². The molecule has 0 rings (SSSR count). The zero-order valence-corrected chi connectivity index (χ0v) is 37.5. The smallest absolute Gasteiger partial charge is 0.306 e. The molecule has 0 aliphatic heterocycles. The maximum atomic E-state index is 13.1. The Morgan fingerprint density at radius 2 is 0.946 bits per heavy atom. The van der Waals surface area contributed by atoms with Crippen LogP contribution in [0.4, 0.5) is 0 Å². The lowest BCUT2D eigenvalue weighted by Crippen LogP contribution is -2.46. The first-order valence-corrected chi connectivity index (χ1v) is 24.6. The highest BCUT2D eigenvalue weighted by Crippen LogP contribution is 2.16. The Bertz CT molecular complexity index is 889. The standard InChI is InChI=1S/C50H95NO5/c1-4-7-10-13-16-19-22-24-27-30-33-36-39-42-48(53)47(45-52)51-49(54)44-46(41-38-35-32-29-26-21-18-15-12-9-6-3)56-50(55)43-40-37-34-31-28-25-23-20-17-14-11-8-5-2/h29,32,38,41,46-48,52-53H,4-28,30-31,33-37,39-40,42-45H2,1-3H3,(H,51,54)/b32-29-,41-38+. The minimum absolute atomic E-state index is 0.0235. The summed E-state index contributed by atoms with van der Waals surface area (Å²) in [7, 11) is 0. The molecule has 3 N–H and O–H groups in total. The lowest BCUT2D eigenvalue weighted by Gasteiger charge is -2.23. The third kappa shape index (κ3) is 39.2. The van der Waals surface area contributed by atoms with E-state index in [0.717, 1.165) is 51.4 Å². The molecule has 0 saturated heterocycles. The van der Waals surface area contributed by atoms with Crippen molar-refractivity contribution in [3.05, 3.63) is 24.3 Å². The normalized spacial score (nSPS) is 13.4. The maximum Gasteiger partial charge on any atom is 0.306 e. The number of aliphatic hydroxyl groups is 2. The van der Waals surface area contributed by atoms with Gasteiger partial charge in [-0.3, -0.25) is 9.59 Å². The van der Waals surface area contributed by atoms with Gasteiger partial charge in [-0.25, -0.2) is 0 Å². The summed E-state index contributed by atoms with van der Waals surface area (Å²) in [5.74, 6) is -0.592. The monoisotopic (exact) mass is 790 g/mol. The molecule has 3 unspecified atom stereocenters. The Labute approximate surface area is 348 Å². The molecule has 0 radical (unpaired) electrons. The highest BCUT2D eigenvalue weighted by molar-refractivity contribution is 5.78. The second-order valence-electron chi connectivity index (χ2n) is 16.9. The predicted molar refractivity (Wildman–Crippen MR) is 241 cm³/mol. The second-order valence-corrected chi connectivity index (χ2v) is 16.9. The number of esters is 1. The summed E-state index contributed by atoms with van der Waals surface area (Å²) < 4.78 is 5.81. The van der Waals surface area contributed by atoms with Crippen LogP contribution in [-0.2, 0) is 14.3 Å². The van der Waals surface area contributed by atoms with Gasteiger partial charge in [0.25, 0.3) is 0 Å². The summed E-state index contributed by atoms with van der Waals surface area (Å²) in [5.41, 5.74) is 0. The minimum atomic E-state index is -0.805. The summed E-state index contributed by atoms with van der Waals surface area (Å²) in [5, 5.41) is 23.6. The molecule has 0 aliphatic carbocycles. The molecule has 6 heteroatoms. The fourth-order valence-corrected chi connectivity index (χ4v) is 7.51. The maximum absolute atomic E-state index is 13.1. The third-order valence-corrected chi connectivity index (χ3v) is 11.3. The summed E-state index contributed by atoms with van der Waals surface area (Å²) >= 11 is 0. The molecule has 0 bridgehead atoms. The number of hydrogen-bond acceptors (Lipinski definition) is 5. The zero-order chi connectivity index (χ0) is 41.0. The van der Waals surface area contributed by atoms with Crippen molar-refractivity contribution >= 4 is 11.9 Å². The van der Waals surface area contributed by atoms with Crippen molar-refractivity contribution in [2.24, 2.45) is 0 Å². The Morgan fingerprint density at radius 3 is 1.39 bits per heavy atom. The molecule has 0 fully saturated rings. The number of carbonyl (C=O) groups is 2. The fraction of sp³-hybridized carbons (Fsp3) is 0.880. The SMILES string of the molecule is CCCCCCCC/C=C\C/C=C/C(CC(=O)NC(CO)C(O)CCCCCCCCCCCCCCC)OC(=O)CCCCCCCCCCCCCCC. The summed E-state index contributed by atoms with van der Waals surface area (Å²) in [4.78, 5) is 26.0. The van der Waals surface area contributed by atoms with Gasteiger partial charge in [-0.1, -0.05) is 232 Å². The van der Waals surface area contributed by atoms with E-state index in [4.69, 9.17) is 4.74 Å². The Kier molecular flexibility index (Phi) is 43.1. The van der Waals surface area contributed by atoms with E-state index < -0.39 is 18.2 Å². The zero-order valence-electron chi connectivity index (χ0n) is 37.5. The topological polar surface area (TPSA) is 95.9 Å². The van der Waals surface area contributed by atoms with Crippen molar-refractivity contribution in [1.82, 2.24) is 5.32 Å². The van der Waals surface area contributed by atoms with Gasteiger partial charge >= 0.3 is 5.97 Å². The first-order valence-electron chi connectivity index (χ1n) is 24.6. The highest BCUT2D eigenvalue weighted by Gasteiger charge is 2.23. The molecule has 0 aromatic heterocycles. The number of hydrogen-bond donors (Lipinski definition) is 3. The molecular weight excluding hydrogens is 695 g/mol. The minimum Gasteiger partial charge on any atom is -0.458 e. The molecule has 56 heavy (non-hydrogen) atoms. The van der Waals surface area contributed by atoms with Gasteiger partial charge in [-0.15, -0.1) is 0 Å². The molecule has 0 aromatic rings. The Balaban J connectivity index is 4.60. The summed E-state index contributed by atoms with van der Waals surface area (Å²) in [6, 6.07) is -0.726. The number of nitrogens with one attached hydrogen (secondary N) is 1. The third-order valence-electron chi connectivity index (χ3n) is 11.3. The molecule has 330 valence electrons. The van der Waals surface area contributed by atoms with Gasteiger partial charge in [0, 0.05) is 6.42 Å². The van der Waals surface area contributed by atoms with Gasteiger partial charge in [0.15, 0.2) is 0 Å². The van der Waals surface area contributed by atoms with Gasteiger partial charge in [-0.05, 0) is 38.2 Å². The van der Waals surface area contributed by atoms with Crippen LogP contribution in [-0.4, -0.2) is 46.9 Å². The number of aliphatic hydroxyl groups excluding tert-OH is 2. The number of ether oxygens (including phenoxy) is 1. The second kappa shape index (κ2) is 44.4. The van der Waals surface area contributed by atoms with E-state index in [1.54, 1.807) is 0 Å². The molecule has 0 heterocycles. The molecule has 6 nitrogen and oxygen atoms in total. The van der Waals surface area contributed by atoms with Crippen LogP contribution in [0.5, 0.6) is 0 Å². The fourth-order valence-electron chi connectivity index (χ4n) is 7.51. The van der Waals surface area contributed by atoms with Gasteiger partial charge in [0.1, 0.15) is 6.10 Å². The van der Waals surface area contributed by atoms with E-state index in [0.29, 0.717) is 12.8 Å². The molecule has 1 amide bonds. The van der Waals surface area contributed by atoms with Crippen LogP contribution in [0.3, 0.4) is 0 Å². The van der Waals surface area contributed by atoms with Crippen LogP contribution in [0.1, 0.15) is 258 Å². The van der Waals surface area contributed by atoms with Gasteiger partial charge in [0.05, 0.1) is 25.2 Å². The largest absolute Gasteiger partial charge is 0.458 e. The van der Waals surface area contributed by atoms with Crippen LogP contribution in [0, 0.1) is 0 Å². The Morgan fingerprint density at radius 1 is 0.536 bits per heavy atom. The van der Waals surface area contributed by atoms with Crippen molar-refractivity contribution in [2.75, 3.05) is 6.61 Å². The van der Waals surface area contributed by atoms with Gasteiger partial charge < -0.3 is 20.3 Å². The number of amides is 1. The van der Waals surface area contributed by atoms with Crippen LogP contribution >= 0.6 is 0 Å². The first kappa shape index (κ1) is 54.3. The number of carbonyl (C=O) groups excluding carboxylic acids is 2. The number of unbranched alkanes of at least 4 members (excludes halogenated alkanes) is 30. The summed E-state index contributed by atoms with van der Waals surface area (Å²) in [6.07, 6.45) is 49.8. The van der Waals surface area contributed by atoms with E-state index in [-0.39, 0.29) is 24.9 Å². The Hall–Kier alpha value is -1.66. The van der Waals surface area contributed by atoms with Crippen molar-refractivity contribution in [2.45, 2.75) is 277 Å². The van der Waals surface area contributed by atoms with Crippen molar-refractivity contribution < 1.29 is 24.5 Å². The van der Waals surface area contributed by atoms with Crippen LogP contribution in [0.2, 0.25) is 0 Å². The van der Waals surface area contributed by atoms with Crippen LogP contribution in [0.15, 0.2) is 24.3 Å². The molecule has 3 atom stereocenters. The van der Waals surface area contributed by atoms with Crippen molar-refractivity contribution in [1.29, 1.82) is 0 Å². The molecular formula is C50H95NO5. The van der Waals surface area contributed by atoms with Crippen LogP contribution in [0.25, 0.3) is 0 Å². The average Bonchev–Trinajstić information content (AvgIpc) is 3.19. The summed E-state index contributed by atoms with van der Waals surface area (Å²) in [6.45, 7) is 6.45. The highest BCUT2D eigenvalue weighted by atomic mass is 16.5. The molecule has 0 spiro atoms. The van der Waals surface area contributed by atoms with E-state index in [1.807, 2.05) is 12.2 Å². The van der Waals surface area contributed by atoms with Gasteiger partial charge in [-0.2, -0.15) is 0 Å². The van der Waals surface area contributed by atoms with E-state index in [1.165, 1.54) is 167 Å². The average molecular weight is 790 g/mol. The lowest BCUT2D eigenvalue weighted by atomic mass is 10.0. The molecule has 0 aliphatic rings. The van der Waals surface area contributed by atoms with Crippen molar-refractivity contribution in [3.63, 3.8) is 0 Å². The van der Waals surface area contributed by atoms with Crippen LogP contribution < -0.4 is 5.32 Å². The number of allylic oxidation sites excluding steroid dienone is 3. The molecule has 0 aromatic carbocycles. The first-order chi connectivity index (χ1) is 27.5. The lowest BCUT2D eigenvalue weighted by molar-refractivity contribution is -0.148. The quantitative estimate of drug-likeness (QED) is 0.0324. The van der Waals surface area contributed by atoms with E-state index in [2.05, 4.69) is 38.2 Å². The van der Waals surface area contributed by atoms with Crippen molar-refractivity contribution in [3.8, 4) is 0 Å². The van der Waals surface area contributed by atoms with E-state index in [9.17, 15) is 19.8 Å². The van der Waals surface area contributed by atoms with E-state index >= 15 is 0 Å².